The predicted molar refractivity (Wildman–Crippen MR) is 58.6 cm³/mol. The summed E-state index contributed by atoms with van der Waals surface area (Å²) in [6.07, 6.45) is 0. The van der Waals surface area contributed by atoms with Crippen LogP contribution in [0.4, 0.5) is 5.69 Å². The largest absolute Gasteiger partial charge is 0.548 e. The summed E-state index contributed by atoms with van der Waals surface area (Å²) in [5.41, 5.74) is 0.608. The van der Waals surface area contributed by atoms with E-state index in [0.717, 1.165) is 4.47 Å². The summed E-state index contributed by atoms with van der Waals surface area (Å²) >= 11 is 3.26. The van der Waals surface area contributed by atoms with E-state index in [9.17, 15) is 14.7 Å². The summed E-state index contributed by atoms with van der Waals surface area (Å²) in [6, 6.07) is 7.02. The van der Waals surface area contributed by atoms with E-state index in [1.54, 1.807) is 18.2 Å². The molecule has 0 spiro atoms. The van der Waals surface area contributed by atoms with Crippen LogP contribution in [0, 0.1) is 0 Å². The summed E-state index contributed by atoms with van der Waals surface area (Å²) < 4.78 is 5.41. The van der Waals surface area contributed by atoms with Crippen molar-refractivity contribution in [2.24, 2.45) is 0 Å². The second kappa shape index (κ2) is 6.24. The Labute approximate surface area is 101 Å². The molecule has 0 aliphatic carbocycles. The van der Waals surface area contributed by atoms with Gasteiger partial charge in [-0.3, -0.25) is 4.79 Å². The van der Waals surface area contributed by atoms with Crippen LogP contribution >= 0.6 is 15.9 Å². The van der Waals surface area contributed by atoms with Gasteiger partial charge < -0.3 is 20.0 Å². The van der Waals surface area contributed by atoms with Crippen LogP contribution in [-0.2, 0) is 14.3 Å². The highest BCUT2D eigenvalue weighted by atomic mass is 79.9. The highest BCUT2D eigenvalue weighted by Gasteiger charge is 2.02. The Morgan fingerprint density at radius 1 is 1.38 bits per heavy atom. The van der Waals surface area contributed by atoms with Crippen LogP contribution in [0.1, 0.15) is 0 Å². The van der Waals surface area contributed by atoms with Gasteiger partial charge in [-0.25, -0.2) is 0 Å². The summed E-state index contributed by atoms with van der Waals surface area (Å²) in [5, 5.41) is 12.6. The molecular weight excluding hydrogens is 278 g/mol. The highest BCUT2D eigenvalue weighted by Crippen LogP contribution is 2.15. The van der Waals surface area contributed by atoms with Crippen molar-refractivity contribution in [1.29, 1.82) is 0 Å². The number of rotatable bonds is 5. The molecule has 0 heterocycles. The van der Waals surface area contributed by atoms with Crippen molar-refractivity contribution in [2.45, 2.75) is 0 Å². The Morgan fingerprint density at radius 3 is 2.75 bits per heavy atom. The van der Waals surface area contributed by atoms with Crippen LogP contribution < -0.4 is 10.4 Å². The number of carbonyl (C=O) groups excluding carboxylic acids is 2. The molecular formula is C10H9BrNO4-. The first kappa shape index (κ1) is 12.7. The number of anilines is 1. The molecule has 1 aromatic rings. The number of ether oxygens (including phenoxy) is 1. The van der Waals surface area contributed by atoms with Gasteiger partial charge in [0.25, 0.3) is 0 Å². The molecule has 0 aliphatic heterocycles. The van der Waals surface area contributed by atoms with Gasteiger partial charge >= 0.3 is 0 Å². The number of nitrogens with one attached hydrogen (secondary N) is 1. The first-order valence-electron chi connectivity index (χ1n) is 4.41. The Hall–Kier alpha value is -1.40. The Kier molecular flexibility index (Phi) is 4.94. The molecule has 0 aromatic heterocycles. The lowest BCUT2D eigenvalue weighted by Gasteiger charge is -2.06. The predicted octanol–water partition coefficient (Wildman–Crippen LogP) is 0.154. The number of halogens is 1. The molecule has 1 amide bonds. The molecule has 0 aliphatic rings. The average molecular weight is 287 g/mol. The van der Waals surface area contributed by atoms with Crippen molar-refractivity contribution in [3.63, 3.8) is 0 Å². The van der Waals surface area contributed by atoms with E-state index in [1.165, 1.54) is 0 Å². The zero-order chi connectivity index (χ0) is 12.0. The van der Waals surface area contributed by atoms with E-state index >= 15 is 0 Å². The fourth-order valence-corrected chi connectivity index (χ4v) is 1.39. The van der Waals surface area contributed by atoms with Gasteiger partial charge in [-0.2, -0.15) is 0 Å². The fraction of sp³-hybridized carbons (Fsp3) is 0.200. The molecule has 0 saturated heterocycles. The number of amides is 1. The van der Waals surface area contributed by atoms with Gasteiger partial charge in [0.05, 0.1) is 12.6 Å². The molecule has 1 rings (SSSR count). The highest BCUT2D eigenvalue weighted by molar-refractivity contribution is 9.10. The Morgan fingerprint density at radius 2 is 2.12 bits per heavy atom. The van der Waals surface area contributed by atoms with Crippen LogP contribution in [-0.4, -0.2) is 25.1 Å². The zero-order valence-electron chi connectivity index (χ0n) is 8.23. The summed E-state index contributed by atoms with van der Waals surface area (Å²) in [5.74, 6) is -1.77. The van der Waals surface area contributed by atoms with E-state index in [1.807, 2.05) is 6.07 Å². The minimum atomic E-state index is -1.35. The van der Waals surface area contributed by atoms with Crippen molar-refractivity contribution in [3.05, 3.63) is 28.7 Å². The second-order valence-electron chi connectivity index (χ2n) is 2.92. The number of carbonyl (C=O) groups is 2. The molecule has 86 valence electrons. The number of carboxylic acids is 1. The first-order chi connectivity index (χ1) is 7.58. The molecule has 1 N–H and O–H groups in total. The minimum Gasteiger partial charge on any atom is -0.548 e. The molecule has 0 radical (unpaired) electrons. The maximum absolute atomic E-state index is 11.2. The van der Waals surface area contributed by atoms with Crippen molar-refractivity contribution in [1.82, 2.24) is 0 Å². The van der Waals surface area contributed by atoms with Gasteiger partial charge in [-0.15, -0.1) is 0 Å². The van der Waals surface area contributed by atoms with E-state index < -0.39 is 18.5 Å². The van der Waals surface area contributed by atoms with Gasteiger partial charge in [-0.1, -0.05) is 22.0 Å². The Balaban J connectivity index is 2.37. The first-order valence-corrected chi connectivity index (χ1v) is 5.20. The topological polar surface area (TPSA) is 78.5 Å². The summed E-state index contributed by atoms with van der Waals surface area (Å²) in [6.45, 7) is -0.910. The Bertz CT molecular complexity index is 394. The van der Waals surface area contributed by atoms with Crippen LogP contribution in [0.5, 0.6) is 0 Å². The lowest BCUT2D eigenvalue weighted by molar-refractivity contribution is -0.309. The van der Waals surface area contributed by atoms with E-state index in [4.69, 9.17) is 0 Å². The van der Waals surface area contributed by atoms with Crippen LogP contribution in [0.15, 0.2) is 28.7 Å². The average Bonchev–Trinajstić information content (AvgIpc) is 2.16. The summed E-state index contributed by atoms with van der Waals surface area (Å²) in [7, 11) is 0. The quantitative estimate of drug-likeness (QED) is 0.836. The molecule has 1 aromatic carbocycles. The third kappa shape index (κ3) is 4.90. The maximum Gasteiger partial charge on any atom is 0.250 e. The normalized spacial score (nSPS) is 9.81. The maximum atomic E-state index is 11.2. The second-order valence-corrected chi connectivity index (χ2v) is 3.84. The van der Waals surface area contributed by atoms with Gasteiger partial charge in [-0.05, 0) is 18.2 Å². The number of hydrogen-bond donors (Lipinski definition) is 1. The molecule has 0 fully saturated rings. The minimum absolute atomic E-state index is 0.319. The molecule has 16 heavy (non-hydrogen) atoms. The van der Waals surface area contributed by atoms with Gasteiger partial charge in [0.15, 0.2) is 0 Å². The van der Waals surface area contributed by atoms with Crippen molar-refractivity contribution < 1.29 is 19.4 Å². The van der Waals surface area contributed by atoms with E-state index in [0.29, 0.717) is 5.69 Å². The number of benzene rings is 1. The number of carboxylic acid groups (broad SMARTS) is 1. The van der Waals surface area contributed by atoms with Crippen molar-refractivity contribution in [2.75, 3.05) is 18.5 Å². The SMILES string of the molecule is O=C([O-])COCC(=O)Nc1cccc(Br)c1. The smallest absolute Gasteiger partial charge is 0.250 e. The lowest BCUT2D eigenvalue weighted by atomic mass is 10.3. The molecule has 0 unspecified atom stereocenters. The van der Waals surface area contributed by atoms with Crippen LogP contribution in [0.2, 0.25) is 0 Å². The third-order valence-corrected chi connectivity index (χ3v) is 2.05. The number of hydrogen-bond acceptors (Lipinski definition) is 4. The fourth-order valence-electron chi connectivity index (χ4n) is 0.990. The zero-order valence-corrected chi connectivity index (χ0v) is 9.82. The lowest BCUT2D eigenvalue weighted by Crippen LogP contribution is -2.29. The van der Waals surface area contributed by atoms with Crippen LogP contribution in [0.25, 0.3) is 0 Å². The number of aliphatic carboxylic acids is 1. The molecule has 6 heteroatoms. The van der Waals surface area contributed by atoms with Crippen molar-refractivity contribution in [3.8, 4) is 0 Å². The monoisotopic (exact) mass is 286 g/mol. The van der Waals surface area contributed by atoms with Gasteiger partial charge in [0.1, 0.15) is 6.61 Å². The molecule has 0 saturated carbocycles. The third-order valence-electron chi connectivity index (χ3n) is 1.56. The molecule has 0 bridgehead atoms. The van der Waals surface area contributed by atoms with Gasteiger partial charge in [0, 0.05) is 10.2 Å². The van der Waals surface area contributed by atoms with Gasteiger partial charge in [0.2, 0.25) is 5.91 Å². The molecule has 5 nitrogen and oxygen atoms in total. The van der Waals surface area contributed by atoms with Crippen molar-refractivity contribution >= 4 is 33.5 Å². The summed E-state index contributed by atoms with van der Waals surface area (Å²) in [4.78, 5) is 21.3. The standard InChI is InChI=1S/C10H10BrNO4/c11-7-2-1-3-8(4-7)12-9(13)5-16-6-10(14)15/h1-4H,5-6H2,(H,12,13)(H,14,15)/p-1. The van der Waals surface area contributed by atoms with Crippen LogP contribution in [0.3, 0.4) is 0 Å². The molecule has 0 atom stereocenters. The van der Waals surface area contributed by atoms with E-state index in [2.05, 4.69) is 26.0 Å². The van der Waals surface area contributed by atoms with E-state index in [-0.39, 0.29) is 6.61 Å².